The number of carbonyl (C=O) groups is 1. The topological polar surface area (TPSA) is 95.5 Å². The fourth-order valence-electron chi connectivity index (χ4n) is 0.520. The van der Waals surface area contributed by atoms with Gasteiger partial charge in [0.25, 0.3) is 0 Å². The average molecular weight is 196 g/mol. The van der Waals surface area contributed by atoms with E-state index in [1.165, 1.54) is 0 Å². The lowest BCUT2D eigenvalue weighted by atomic mass is 10.6. The molecule has 0 heterocycles. The number of hydrogen-bond donors (Lipinski definition) is 3. The Morgan fingerprint density at radius 1 is 1.42 bits per heavy atom. The number of aliphatic carboxylic acids is 1. The maximum absolute atomic E-state index is 10.5. The molecule has 0 atom stereocenters. The average Bonchev–Trinajstić information content (AvgIpc) is 1.83. The molecule has 0 unspecified atom stereocenters. The number of hydrogen-bond acceptors (Lipinski definition) is 4. The molecule has 0 aliphatic carbocycles. The predicted molar refractivity (Wildman–Crippen MR) is 43.4 cm³/mol. The third-order valence-corrected chi connectivity index (χ3v) is 1.67. The fourth-order valence-corrected chi connectivity index (χ4v) is 0.993. The molecule has 7 heteroatoms. The van der Waals surface area contributed by atoms with Gasteiger partial charge in [0.05, 0.1) is 12.8 Å². The van der Waals surface area contributed by atoms with Crippen molar-refractivity contribution in [3.8, 4) is 0 Å². The number of rotatable bonds is 6. The lowest BCUT2D eigenvalue weighted by Crippen LogP contribution is -2.33. The van der Waals surface area contributed by atoms with E-state index in [-0.39, 0.29) is 13.1 Å². The first-order valence-corrected chi connectivity index (χ1v) is 5.18. The largest absolute Gasteiger partial charge is 0.480 e. The SMILES string of the molecule is CS(=O)(=O)NCCNCC(=O)O. The van der Waals surface area contributed by atoms with Gasteiger partial charge in [0, 0.05) is 13.1 Å². The Kier molecular flexibility index (Phi) is 4.79. The Balaban J connectivity index is 3.29. The molecule has 0 saturated carbocycles. The monoisotopic (exact) mass is 196 g/mol. The van der Waals surface area contributed by atoms with Crippen LogP contribution in [-0.2, 0) is 14.8 Å². The molecule has 6 nitrogen and oxygen atoms in total. The third-order valence-electron chi connectivity index (χ3n) is 0.942. The van der Waals surface area contributed by atoms with Crippen LogP contribution in [0.3, 0.4) is 0 Å². The molecular weight excluding hydrogens is 184 g/mol. The van der Waals surface area contributed by atoms with Crippen LogP contribution in [-0.4, -0.2) is 45.4 Å². The van der Waals surface area contributed by atoms with Gasteiger partial charge in [0.15, 0.2) is 0 Å². The van der Waals surface area contributed by atoms with E-state index in [2.05, 4.69) is 10.0 Å². The van der Waals surface area contributed by atoms with Crippen molar-refractivity contribution < 1.29 is 18.3 Å². The van der Waals surface area contributed by atoms with E-state index in [0.29, 0.717) is 6.54 Å². The molecule has 0 aromatic carbocycles. The van der Waals surface area contributed by atoms with Gasteiger partial charge in [-0.3, -0.25) is 4.79 Å². The summed E-state index contributed by atoms with van der Waals surface area (Å²) in [6.07, 6.45) is 1.05. The molecule has 0 bridgehead atoms. The van der Waals surface area contributed by atoms with Crippen molar-refractivity contribution in [1.82, 2.24) is 10.0 Å². The quantitative estimate of drug-likeness (QED) is 0.436. The van der Waals surface area contributed by atoms with Crippen LogP contribution in [0.4, 0.5) is 0 Å². The summed E-state index contributed by atoms with van der Waals surface area (Å²) in [4.78, 5) is 9.96. The van der Waals surface area contributed by atoms with Crippen LogP contribution in [0.2, 0.25) is 0 Å². The summed E-state index contributed by atoms with van der Waals surface area (Å²) in [5.41, 5.74) is 0. The highest BCUT2D eigenvalue weighted by Gasteiger charge is 1.99. The molecule has 0 aromatic rings. The first-order valence-electron chi connectivity index (χ1n) is 3.29. The molecule has 0 fully saturated rings. The summed E-state index contributed by atoms with van der Waals surface area (Å²) < 4.78 is 23.2. The molecule has 3 N–H and O–H groups in total. The Bertz CT molecular complexity index is 236. The minimum absolute atomic E-state index is 0.161. The van der Waals surface area contributed by atoms with Gasteiger partial charge >= 0.3 is 5.97 Å². The minimum atomic E-state index is -3.16. The van der Waals surface area contributed by atoms with Gasteiger partial charge in [-0.2, -0.15) is 0 Å². The lowest BCUT2D eigenvalue weighted by Gasteiger charge is -2.01. The Hall–Kier alpha value is -0.660. The first kappa shape index (κ1) is 11.3. The van der Waals surface area contributed by atoms with Crippen LogP contribution >= 0.6 is 0 Å². The highest BCUT2D eigenvalue weighted by atomic mass is 32.2. The molecule has 12 heavy (non-hydrogen) atoms. The number of carboxylic acid groups (broad SMARTS) is 1. The van der Waals surface area contributed by atoms with E-state index in [4.69, 9.17) is 5.11 Å². The third kappa shape index (κ3) is 9.34. The zero-order chi connectivity index (χ0) is 9.61. The molecule has 0 spiro atoms. The number of nitrogens with one attached hydrogen (secondary N) is 2. The molecule has 0 amide bonds. The molecule has 0 radical (unpaired) electrons. The molecule has 0 aliphatic heterocycles. The van der Waals surface area contributed by atoms with Gasteiger partial charge < -0.3 is 10.4 Å². The molecule has 72 valence electrons. The van der Waals surface area contributed by atoms with Gasteiger partial charge in [-0.25, -0.2) is 13.1 Å². The van der Waals surface area contributed by atoms with Gasteiger partial charge in [0.1, 0.15) is 0 Å². The molecule has 0 saturated heterocycles. The van der Waals surface area contributed by atoms with Crippen LogP contribution in [0, 0.1) is 0 Å². The standard InChI is InChI=1S/C5H12N2O4S/c1-12(10,11)7-3-2-6-4-5(8)9/h6-7H,2-4H2,1H3,(H,8,9). The van der Waals surface area contributed by atoms with Crippen molar-refractivity contribution in [3.05, 3.63) is 0 Å². The summed E-state index contributed by atoms with van der Waals surface area (Å²) in [6.45, 7) is 0.344. The fraction of sp³-hybridized carbons (Fsp3) is 0.800. The summed E-state index contributed by atoms with van der Waals surface area (Å²) in [5.74, 6) is -0.964. The van der Waals surface area contributed by atoms with Crippen molar-refractivity contribution in [3.63, 3.8) is 0 Å². The van der Waals surface area contributed by atoms with E-state index >= 15 is 0 Å². The second-order valence-corrected chi connectivity index (χ2v) is 4.07. The molecule has 0 aromatic heterocycles. The summed E-state index contributed by atoms with van der Waals surface area (Å²) in [6, 6.07) is 0. The second-order valence-electron chi connectivity index (χ2n) is 2.24. The van der Waals surface area contributed by atoms with Gasteiger partial charge in [0.2, 0.25) is 10.0 Å². The zero-order valence-corrected chi connectivity index (χ0v) is 7.52. The Morgan fingerprint density at radius 2 is 2.00 bits per heavy atom. The van der Waals surface area contributed by atoms with Crippen LogP contribution in [0.1, 0.15) is 0 Å². The second kappa shape index (κ2) is 5.07. The summed E-state index contributed by atoms with van der Waals surface area (Å²) in [7, 11) is -3.16. The summed E-state index contributed by atoms with van der Waals surface area (Å²) >= 11 is 0. The van der Waals surface area contributed by atoms with E-state index in [0.717, 1.165) is 6.26 Å². The highest BCUT2D eigenvalue weighted by Crippen LogP contribution is 1.70. The van der Waals surface area contributed by atoms with E-state index < -0.39 is 16.0 Å². The molecular formula is C5H12N2O4S. The highest BCUT2D eigenvalue weighted by molar-refractivity contribution is 7.88. The lowest BCUT2D eigenvalue weighted by molar-refractivity contribution is -0.135. The predicted octanol–water partition coefficient (Wildman–Crippen LogP) is -1.79. The summed E-state index contributed by atoms with van der Waals surface area (Å²) in [5, 5.41) is 10.7. The first-order chi connectivity index (χ1) is 5.42. The van der Waals surface area contributed by atoms with Gasteiger partial charge in [-0.05, 0) is 0 Å². The molecule has 0 rings (SSSR count). The van der Waals surface area contributed by atoms with Crippen molar-refractivity contribution >= 4 is 16.0 Å². The maximum Gasteiger partial charge on any atom is 0.317 e. The Morgan fingerprint density at radius 3 is 2.42 bits per heavy atom. The Labute approximate surface area is 71.0 Å². The van der Waals surface area contributed by atoms with Crippen molar-refractivity contribution in [2.45, 2.75) is 0 Å². The van der Waals surface area contributed by atoms with Gasteiger partial charge in [-0.15, -0.1) is 0 Å². The van der Waals surface area contributed by atoms with E-state index in [9.17, 15) is 13.2 Å². The molecule has 0 aliphatic rings. The van der Waals surface area contributed by atoms with Crippen LogP contribution in [0.25, 0.3) is 0 Å². The number of carboxylic acids is 1. The van der Waals surface area contributed by atoms with E-state index in [1.54, 1.807) is 0 Å². The van der Waals surface area contributed by atoms with Crippen LogP contribution in [0.5, 0.6) is 0 Å². The maximum atomic E-state index is 10.5. The van der Waals surface area contributed by atoms with E-state index in [1.807, 2.05) is 0 Å². The van der Waals surface area contributed by atoms with Crippen molar-refractivity contribution in [2.75, 3.05) is 25.9 Å². The number of sulfonamides is 1. The van der Waals surface area contributed by atoms with Crippen molar-refractivity contribution in [2.24, 2.45) is 0 Å². The normalized spacial score (nSPS) is 11.4. The van der Waals surface area contributed by atoms with Crippen LogP contribution in [0.15, 0.2) is 0 Å². The van der Waals surface area contributed by atoms with Crippen LogP contribution < -0.4 is 10.0 Å². The zero-order valence-electron chi connectivity index (χ0n) is 6.70. The minimum Gasteiger partial charge on any atom is -0.480 e. The van der Waals surface area contributed by atoms with Gasteiger partial charge in [-0.1, -0.05) is 0 Å². The van der Waals surface area contributed by atoms with Crippen molar-refractivity contribution in [1.29, 1.82) is 0 Å². The smallest absolute Gasteiger partial charge is 0.317 e.